The van der Waals surface area contributed by atoms with E-state index in [0.29, 0.717) is 0 Å². The lowest BCUT2D eigenvalue weighted by atomic mass is 10.0. The standard InChI is InChI=1S/C14H23NO3/c1-5-10-15-13(14(17-3)18-4)11-8-6-7-9-12(11)16-2/h6-9,13-15H,5,10H2,1-4H3. The Kier molecular flexibility index (Phi) is 6.72. The van der Waals surface area contributed by atoms with Crippen LogP contribution in [0.2, 0.25) is 0 Å². The van der Waals surface area contributed by atoms with Crippen LogP contribution in [0, 0.1) is 0 Å². The van der Waals surface area contributed by atoms with Crippen molar-refractivity contribution in [3.8, 4) is 5.75 Å². The number of benzene rings is 1. The van der Waals surface area contributed by atoms with Crippen LogP contribution < -0.4 is 10.1 Å². The molecule has 1 aromatic carbocycles. The molecular formula is C14H23NO3. The molecule has 4 nitrogen and oxygen atoms in total. The molecule has 0 aromatic heterocycles. The Morgan fingerprint density at radius 1 is 1.11 bits per heavy atom. The first-order chi connectivity index (χ1) is 8.78. The first kappa shape index (κ1) is 15.0. The van der Waals surface area contributed by atoms with Gasteiger partial charge in [0.15, 0.2) is 6.29 Å². The van der Waals surface area contributed by atoms with Crippen molar-refractivity contribution >= 4 is 0 Å². The minimum absolute atomic E-state index is 0.0453. The highest BCUT2D eigenvalue weighted by Gasteiger charge is 2.24. The minimum Gasteiger partial charge on any atom is -0.496 e. The minimum atomic E-state index is -0.340. The molecule has 0 fully saturated rings. The van der Waals surface area contributed by atoms with Crippen molar-refractivity contribution < 1.29 is 14.2 Å². The Morgan fingerprint density at radius 3 is 2.33 bits per heavy atom. The van der Waals surface area contributed by atoms with Crippen LogP contribution in [-0.4, -0.2) is 34.2 Å². The molecule has 0 aliphatic rings. The van der Waals surface area contributed by atoms with Gasteiger partial charge in [-0.1, -0.05) is 25.1 Å². The molecule has 0 bridgehead atoms. The summed E-state index contributed by atoms with van der Waals surface area (Å²) in [5, 5.41) is 3.43. The third kappa shape index (κ3) is 3.70. The highest BCUT2D eigenvalue weighted by Crippen LogP contribution is 2.28. The van der Waals surface area contributed by atoms with Gasteiger partial charge in [-0.15, -0.1) is 0 Å². The van der Waals surface area contributed by atoms with Gasteiger partial charge in [-0.05, 0) is 19.0 Å². The van der Waals surface area contributed by atoms with Crippen molar-refractivity contribution in [2.24, 2.45) is 0 Å². The van der Waals surface area contributed by atoms with Crippen molar-refractivity contribution in [1.29, 1.82) is 0 Å². The fraction of sp³-hybridized carbons (Fsp3) is 0.571. The van der Waals surface area contributed by atoms with Crippen molar-refractivity contribution in [2.45, 2.75) is 25.7 Å². The second kappa shape index (κ2) is 8.08. The summed E-state index contributed by atoms with van der Waals surface area (Å²) in [6.07, 6.45) is 0.707. The van der Waals surface area contributed by atoms with Crippen LogP contribution in [0.4, 0.5) is 0 Å². The van der Waals surface area contributed by atoms with Gasteiger partial charge >= 0.3 is 0 Å². The Bertz CT molecular complexity index is 340. The van der Waals surface area contributed by atoms with Crippen molar-refractivity contribution in [3.63, 3.8) is 0 Å². The van der Waals surface area contributed by atoms with Gasteiger partial charge in [0.25, 0.3) is 0 Å². The lowest BCUT2D eigenvalue weighted by molar-refractivity contribution is -0.124. The summed E-state index contributed by atoms with van der Waals surface area (Å²) in [5.74, 6) is 0.838. The zero-order valence-electron chi connectivity index (χ0n) is 11.6. The zero-order chi connectivity index (χ0) is 13.4. The summed E-state index contributed by atoms with van der Waals surface area (Å²) in [7, 11) is 4.96. The van der Waals surface area contributed by atoms with Crippen LogP contribution in [0.3, 0.4) is 0 Å². The van der Waals surface area contributed by atoms with E-state index < -0.39 is 0 Å². The highest BCUT2D eigenvalue weighted by molar-refractivity contribution is 5.36. The maximum atomic E-state index is 5.39. The molecule has 0 saturated carbocycles. The average molecular weight is 253 g/mol. The number of ether oxygens (including phenoxy) is 3. The van der Waals surface area contributed by atoms with Gasteiger partial charge < -0.3 is 19.5 Å². The second-order valence-electron chi connectivity index (χ2n) is 4.01. The fourth-order valence-corrected chi connectivity index (χ4v) is 1.94. The zero-order valence-corrected chi connectivity index (χ0v) is 11.6. The lowest BCUT2D eigenvalue weighted by Crippen LogP contribution is -2.35. The number of hydrogen-bond acceptors (Lipinski definition) is 4. The van der Waals surface area contributed by atoms with Crippen LogP contribution in [0.25, 0.3) is 0 Å². The summed E-state index contributed by atoms with van der Waals surface area (Å²) in [6, 6.07) is 7.86. The first-order valence-electron chi connectivity index (χ1n) is 6.20. The normalized spacial score (nSPS) is 12.7. The highest BCUT2D eigenvalue weighted by atomic mass is 16.7. The molecule has 1 aromatic rings. The molecule has 0 saturated heterocycles. The molecule has 18 heavy (non-hydrogen) atoms. The number of para-hydroxylation sites is 1. The number of nitrogens with one attached hydrogen (secondary N) is 1. The van der Waals surface area contributed by atoms with E-state index >= 15 is 0 Å². The molecule has 1 rings (SSSR count). The van der Waals surface area contributed by atoms with Crippen molar-refractivity contribution in [3.05, 3.63) is 29.8 Å². The molecule has 1 unspecified atom stereocenters. The molecule has 0 spiro atoms. The van der Waals surface area contributed by atoms with Crippen LogP contribution >= 0.6 is 0 Å². The van der Waals surface area contributed by atoms with Gasteiger partial charge in [0.05, 0.1) is 13.2 Å². The van der Waals surface area contributed by atoms with Gasteiger partial charge in [-0.3, -0.25) is 0 Å². The Balaban J connectivity index is 2.99. The van der Waals surface area contributed by atoms with E-state index in [1.807, 2.05) is 24.3 Å². The predicted octanol–water partition coefficient (Wildman–Crippen LogP) is 2.35. The Labute approximate surface area is 109 Å². The SMILES string of the molecule is CCCNC(c1ccccc1OC)C(OC)OC. The van der Waals surface area contributed by atoms with Gasteiger partial charge in [0.1, 0.15) is 5.75 Å². The van der Waals surface area contributed by atoms with E-state index in [1.165, 1.54) is 0 Å². The van der Waals surface area contributed by atoms with Crippen LogP contribution in [0.5, 0.6) is 5.75 Å². The van der Waals surface area contributed by atoms with Crippen molar-refractivity contribution in [1.82, 2.24) is 5.32 Å². The van der Waals surface area contributed by atoms with Gasteiger partial charge in [-0.25, -0.2) is 0 Å². The molecule has 0 radical (unpaired) electrons. The number of methoxy groups -OCH3 is 3. The molecule has 0 aliphatic carbocycles. The molecule has 0 aliphatic heterocycles. The fourth-order valence-electron chi connectivity index (χ4n) is 1.94. The molecule has 1 N–H and O–H groups in total. The Morgan fingerprint density at radius 2 is 1.78 bits per heavy atom. The van der Waals surface area contributed by atoms with Gasteiger partial charge in [0, 0.05) is 19.8 Å². The number of rotatable bonds is 8. The van der Waals surface area contributed by atoms with E-state index in [4.69, 9.17) is 14.2 Å². The van der Waals surface area contributed by atoms with Crippen molar-refractivity contribution in [2.75, 3.05) is 27.9 Å². The third-order valence-electron chi connectivity index (χ3n) is 2.83. The molecule has 1 atom stereocenters. The van der Waals surface area contributed by atoms with Crippen LogP contribution in [-0.2, 0) is 9.47 Å². The first-order valence-corrected chi connectivity index (χ1v) is 6.20. The maximum Gasteiger partial charge on any atom is 0.176 e. The van der Waals surface area contributed by atoms with E-state index in [2.05, 4.69) is 12.2 Å². The summed E-state index contributed by atoms with van der Waals surface area (Å²) in [6.45, 7) is 3.02. The third-order valence-corrected chi connectivity index (χ3v) is 2.83. The molecule has 0 heterocycles. The second-order valence-corrected chi connectivity index (χ2v) is 4.01. The van der Waals surface area contributed by atoms with Gasteiger partial charge in [0.2, 0.25) is 0 Å². The number of hydrogen-bond donors (Lipinski definition) is 1. The van der Waals surface area contributed by atoms with E-state index in [-0.39, 0.29) is 12.3 Å². The smallest absolute Gasteiger partial charge is 0.176 e. The van der Waals surface area contributed by atoms with E-state index in [9.17, 15) is 0 Å². The lowest BCUT2D eigenvalue weighted by Gasteiger charge is -2.27. The largest absolute Gasteiger partial charge is 0.496 e. The Hall–Kier alpha value is -1.10. The average Bonchev–Trinajstić information content (AvgIpc) is 2.43. The van der Waals surface area contributed by atoms with Crippen LogP contribution in [0.15, 0.2) is 24.3 Å². The monoisotopic (exact) mass is 253 g/mol. The summed E-state index contributed by atoms with van der Waals surface area (Å²) in [5.41, 5.74) is 1.04. The molecule has 102 valence electrons. The summed E-state index contributed by atoms with van der Waals surface area (Å²) >= 11 is 0. The topological polar surface area (TPSA) is 39.7 Å². The maximum absolute atomic E-state index is 5.39. The molecule has 4 heteroatoms. The van der Waals surface area contributed by atoms with Crippen LogP contribution in [0.1, 0.15) is 24.9 Å². The summed E-state index contributed by atoms with van der Waals surface area (Å²) < 4.78 is 16.1. The molecule has 0 amide bonds. The van der Waals surface area contributed by atoms with E-state index in [1.54, 1.807) is 21.3 Å². The quantitative estimate of drug-likeness (QED) is 0.722. The summed E-state index contributed by atoms with van der Waals surface area (Å²) in [4.78, 5) is 0. The van der Waals surface area contributed by atoms with E-state index in [0.717, 1.165) is 24.3 Å². The molecular weight excluding hydrogens is 230 g/mol. The predicted molar refractivity (Wildman–Crippen MR) is 71.8 cm³/mol. The van der Waals surface area contributed by atoms with Gasteiger partial charge in [-0.2, -0.15) is 0 Å².